The molecule has 404 valence electrons. The Labute approximate surface area is 442 Å². The van der Waals surface area contributed by atoms with E-state index < -0.39 is 6.10 Å². The Morgan fingerprint density at radius 1 is 0.292 bits per heavy atom. The molecule has 0 N–H and O–H groups in total. The van der Waals surface area contributed by atoms with Crippen LogP contribution in [-0.2, 0) is 28.6 Å². The van der Waals surface area contributed by atoms with Crippen LogP contribution in [0.5, 0.6) is 0 Å². The lowest BCUT2D eigenvalue weighted by atomic mass is 10.1. The van der Waals surface area contributed by atoms with Gasteiger partial charge < -0.3 is 14.2 Å². The largest absolute Gasteiger partial charge is 0.462 e. The molecule has 0 aliphatic carbocycles. The van der Waals surface area contributed by atoms with E-state index in [2.05, 4.69) is 167 Å². The predicted octanol–water partition coefficient (Wildman–Crippen LogP) is 19.6. The number of hydrogen-bond acceptors (Lipinski definition) is 6. The molecule has 0 aromatic heterocycles. The van der Waals surface area contributed by atoms with Crippen molar-refractivity contribution in [3.05, 3.63) is 146 Å². The number of hydrogen-bond donors (Lipinski definition) is 0. The highest BCUT2D eigenvalue weighted by molar-refractivity contribution is 5.71. The Morgan fingerprint density at radius 3 is 0.875 bits per heavy atom. The van der Waals surface area contributed by atoms with Crippen molar-refractivity contribution in [2.24, 2.45) is 0 Å². The van der Waals surface area contributed by atoms with E-state index in [0.29, 0.717) is 19.3 Å². The molecule has 0 aliphatic rings. The Kier molecular flexibility index (Phi) is 55.0. The summed E-state index contributed by atoms with van der Waals surface area (Å²) in [7, 11) is 0. The fraction of sp³-hybridized carbons (Fsp3) is 0.591. The van der Waals surface area contributed by atoms with Crippen molar-refractivity contribution in [3.8, 4) is 0 Å². The van der Waals surface area contributed by atoms with Gasteiger partial charge in [-0.15, -0.1) is 0 Å². The first-order valence-corrected chi connectivity index (χ1v) is 28.8. The van der Waals surface area contributed by atoms with Gasteiger partial charge in [-0.1, -0.05) is 237 Å². The highest BCUT2D eigenvalue weighted by atomic mass is 16.6. The minimum absolute atomic E-state index is 0.106. The van der Waals surface area contributed by atoms with Gasteiger partial charge in [-0.05, 0) is 122 Å². The van der Waals surface area contributed by atoms with E-state index in [-0.39, 0.29) is 37.5 Å². The smallest absolute Gasteiger partial charge is 0.306 e. The van der Waals surface area contributed by atoms with Crippen LogP contribution in [0.15, 0.2) is 146 Å². The van der Waals surface area contributed by atoms with Crippen LogP contribution >= 0.6 is 0 Å². The van der Waals surface area contributed by atoms with Gasteiger partial charge in [-0.2, -0.15) is 0 Å². The van der Waals surface area contributed by atoms with Crippen LogP contribution in [0, 0.1) is 0 Å². The first-order valence-electron chi connectivity index (χ1n) is 28.8. The lowest BCUT2D eigenvalue weighted by Gasteiger charge is -2.18. The molecule has 1 unspecified atom stereocenters. The van der Waals surface area contributed by atoms with Crippen LogP contribution in [0.3, 0.4) is 0 Å². The molecule has 0 saturated carbocycles. The summed E-state index contributed by atoms with van der Waals surface area (Å²) in [6.45, 7) is 6.33. The van der Waals surface area contributed by atoms with Crippen LogP contribution in [0.25, 0.3) is 0 Å². The summed E-state index contributed by atoms with van der Waals surface area (Å²) in [6, 6.07) is 0. The lowest BCUT2D eigenvalue weighted by Crippen LogP contribution is -2.30. The van der Waals surface area contributed by atoms with Crippen molar-refractivity contribution in [3.63, 3.8) is 0 Å². The molecular formula is C66H104O6. The Balaban J connectivity index is 4.44. The van der Waals surface area contributed by atoms with Gasteiger partial charge in [0.15, 0.2) is 6.10 Å². The molecule has 0 aliphatic heterocycles. The number of ether oxygens (including phenoxy) is 3. The summed E-state index contributed by atoms with van der Waals surface area (Å²) < 4.78 is 16.8. The molecule has 0 amide bonds. The maximum absolute atomic E-state index is 12.8. The highest BCUT2D eigenvalue weighted by Gasteiger charge is 2.19. The van der Waals surface area contributed by atoms with Crippen molar-refractivity contribution < 1.29 is 28.6 Å². The maximum Gasteiger partial charge on any atom is 0.306 e. The van der Waals surface area contributed by atoms with E-state index >= 15 is 0 Å². The molecule has 0 heterocycles. The quantitative estimate of drug-likeness (QED) is 0.0261. The van der Waals surface area contributed by atoms with E-state index in [1.807, 2.05) is 0 Å². The standard InChI is InChI=1S/C66H104O6/c1-4-7-10-13-16-19-22-24-26-28-29-30-31-32-33-34-35-36-37-39-40-42-44-47-50-53-56-59-65(68)71-62-63(61-70-64(67)58-55-52-49-46-21-18-15-12-9-6-3)72-66(69)60-57-54-51-48-45-43-41-38-27-25-23-20-17-14-11-8-5-2/h7-8,10-11,16-17,19-20,24-27,29-30,32-33,35-36,39-41,43-44,47,63H,4-6,9,12-15,18,21-23,28,31,34,37-38,42,45-46,48-62H2,1-3H3/b10-7-,11-8-,19-16-,20-17-,26-24-,27-25-,30-29-,33-32-,36-35-,40-39-,43-41-,47-44-. The molecule has 0 rings (SSSR count). The minimum Gasteiger partial charge on any atom is -0.462 e. The van der Waals surface area contributed by atoms with Gasteiger partial charge in [0.05, 0.1) is 0 Å². The zero-order chi connectivity index (χ0) is 52.2. The first-order chi connectivity index (χ1) is 35.5. The maximum atomic E-state index is 12.8. The number of carbonyl (C=O) groups is 3. The molecule has 6 heteroatoms. The van der Waals surface area contributed by atoms with Gasteiger partial charge >= 0.3 is 17.9 Å². The highest BCUT2D eigenvalue weighted by Crippen LogP contribution is 2.13. The summed E-state index contributed by atoms with van der Waals surface area (Å²) in [4.78, 5) is 38.1. The topological polar surface area (TPSA) is 78.9 Å². The van der Waals surface area contributed by atoms with Crippen LogP contribution < -0.4 is 0 Å². The van der Waals surface area contributed by atoms with Crippen molar-refractivity contribution in [2.75, 3.05) is 13.2 Å². The van der Waals surface area contributed by atoms with Crippen LogP contribution in [0.1, 0.15) is 233 Å². The molecule has 6 nitrogen and oxygen atoms in total. The van der Waals surface area contributed by atoms with Crippen molar-refractivity contribution in [1.82, 2.24) is 0 Å². The van der Waals surface area contributed by atoms with Gasteiger partial charge in [-0.25, -0.2) is 0 Å². The molecule has 0 radical (unpaired) electrons. The molecular weight excluding hydrogens is 889 g/mol. The Morgan fingerprint density at radius 2 is 0.542 bits per heavy atom. The monoisotopic (exact) mass is 993 g/mol. The first kappa shape index (κ1) is 67.3. The zero-order valence-electron chi connectivity index (χ0n) is 46.1. The molecule has 1 atom stereocenters. The molecule has 0 bridgehead atoms. The number of esters is 3. The molecule has 0 saturated heterocycles. The minimum atomic E-state index is -0.813. The van der Waals surface area contributed by atoms with E-state index in [4.69, 9.17) is 14.2 Å². The molecule has 72 heavy (non-hydrogen) atoms. The van der Waals surface area contributed by atoms with Gasteiger partial charge in [0, 0.05) is 19.3 Å². The van der Waals surface area contributed by atoms with E-state index in [9.17, 15) is 14.4 Å². The van der Waals surface area contributed by atoms with Gasteiger partial charge in [0.2, 0.25) is 0 Å². The summed E-state index contributed by atoms with van der Waals surface area (Å²) in [6.07, 6.45) is 84.2. The number of rotatable bonds is 50. The fourth-order valence-electron chi connectivity index (χ4n) is 7.33. The summed E-state index contributed by atoms with van der Waals surface area (Å²) >= 11 is 0. The van der Waals surface area contributed by atoms with Crippen LogP contribution in [-0.4, -0.2) is 37.2 Å². The number of unbranched alkanes of at least 4 members (excludes halogenated alkanes) is 15. The van der Waals surface area contributed by atoms with E-state index in [0.717, 1.165) is 141 Å². The second-order valence-electron chi connectivity index (χ2n) is 18.4. The second kappa shape index (κ2) is 58.9. The second-order valence-corrected chi connectivity index (χ2v) is 18.4. The third-order valence-corrected chi connectivity index (χ3v) is 11.6. The average molecular weight is 994 g/mol. The van der Waals surface area contributed by atoms with Crippen molar-refractivity contribution in [1.29, 1.82) is 0 Å². The molecule has 0 spiro atoms. The molecule has 0 fully saturated rings. The van der Waals surface area contributed by atoms with Crippen molar-refractivity contribution >= 4 is 17.9 Å². The van der Waals surface area contributed by atoms with Gasteiger partial charge in [0.1, 0.15) is 13.2 Å². The average Bonchev–Trinajstić information content (AvgIpc) is 3.38. The Hall–Kier alpha value is -4.71. The molecule has 0 aromatic carbocycles. The number of carbonyl (C=O) groups excluding carboxylic acids is 3. The van der Waals surface area contributed by atoms with Gasteiger partial charge in [0.25, 0.3) is 0 Å². The number of allylic oxidation sites excluding steroid dienone is 24. The Bertz CT molecular complexity index is 1610. The summed E-state index contributed by atoms with van der Waals surface area (Å²) in [5.74, 6) is -0.984. The van der Waals surface area contributed by atoms with Crippen LogP contribution in [0.4, 0.5) is 0 Å². The lowest BCUT2D eigenvalue weighted by molar-refractivity contribution is -0.167. The van der Waals surface area contributed by atoms with Crippen molar-refractivity contribution in [2.45, 2.75) is 239 Å². The van der Waals surface area contributed by atoms with Gasteiger partial charge in [-0.3, -0.25) is 14.4 Å². The van der Waals surface area contributed by atoms with E-state index in [1.165, 1.54) is 44.9 Å². The van der Waals surface area contributed by atoms with E-state index in [1.54, 1.807) is 0 Å². The zero-order valence-corrected chi connectivity index (χ0v) is 46.1. The third-order valence-electron chi connectivity index (χ3n) is 11.6. The predicted molar refractivity (Wildman–Crippen MR) is 311 cm³/mol. The third kappa shape index (κ3) is 56.2. The summed E-state index contributed by atoms with van der Waals surface area (Å²) in [5.41, 5.74) is 0. The SMILES string of the molecule is CC/C=C\C/C=C\C/C=C\C/C=C\C/C=C\C/C=C\C/C=C\C/C=C\CCCCC(=O)OCC(COC(=O)CCCCCCCCCCCC)OC(=O)CCCCCC/C=C\C/C=C\C/C=C\C/C=C\CC. The summed E-state index contributed by atoms with van der Waals surface area (Å²) in [5, 5.41) is 0. The van der Waals surface area contributed by atoms with Crippen LogP contribution in [0.2, 0.25) is 0 Å². The molecule has 0 aromatic rings. The normalized spacial score (nSPS) is 13.2. The fourth-order valence-corrected chi connectivity index (χ4v) is 7.33.